The van der Waals surface area contributed by atoms with Crippen LogP contribution in [0.25, 0.3) is 10.8 Å². The summed E-state index contributed by atoms with van der Waals surface area (Å²) in [5.41, 5.74) is 1.84. The molecule has 3 rings (SSSR count). The Morgan fingerprint density at radius 1 is 0.964 bits per heavy atom. The van der Waals surface area contributed by atoms with Crippen molar-refractivity contribution >= 4 is 28.3 Å². The molecular weight excluding hydrogens is 354 g/mol. The molecule has 5 nitrogen and oxygen atoms in total. The minimum atomic E-state index is -0.749. The molecule has 0 heterocycles. The van der Waals surface area contributed by atoms with Gasteiger partial charge in [0.1, 0.15) is 11.3 Å². The molecule has 144 valence electrons. The van der Waals surface area contributed by atoms with E-state index in [9.17, 15) is 14.7 Å². The molecule has 5 heteroatoms. The van der Waals surface area contributed by atoms with Crippen LogP contribution in [0.1, 0.15) is 36.7 Å². The highest BCUT2D eigenvalue weighted by atomic mass is 16.5. The first kappa shape index (κ1) is 19.4. The highest BCUT2D eigenvalue weighted by molar-refractivity contribution is 6.02. The summed E-state index contributed by atoms with van der Waals surface area (Å²) in [6.07, 6.45) is 0. The first-order valence-corrected chi connectivity index (χ1v) is 9.04. The molecule has 0 saturated carbocycles. The summed E-state index contributed by atoms with van der Waals surface area (Å²) in [7, 11) is 0. The van der Waals surface area contributed by atoms with E-state index in [4.69, 9.17) is 4.74 Å². The van der Waals surface area contributed by atoms with Crippen LogP contribution in [0.5, 0.6) is 5.75 Å². The van der Waals surface area contributed by atoms with Gasteiger partial charge in [0.05, 0.1) is 0 Å². The van der Waals surface area contributed by atoms with Gasteiger partial charge in [-0.3, -0.25) is 4.79 Å². The Morgan fingerprint density at radius 2 is 1.64 bits per heavy atom. The molecule has 0 saturated heterocycles. The van der Waals surface area contributed by atoms with Crippen LogP contribution in [0.15, 0.2) is 60.7 Å². The Morgan fingerprint density at radius 3 is 2.32 bits per heavy atom. The molecular formula is C23H23NO4. The second-order valence-electron chi connectivity index (χ2n) is 7.63. The van der Waals surface area contributed by atoms with Gasteiger partial charge in [-0.2, -0.15) is 0 Å². The molecule has 0 aromatic heterocycles. The van der Waals surface area contributed by atoms with Crippen LogP contribution in [0.2, 0.25) is 0 Å². The quantitative estimate of drug-likeness (QED) is 0.650. The number of aromatic hydroxyl groups is 1. The summed E-state index contributed by atoms with van der Waals surface area (Å²) in [6.45, 7) is 5.90. The normalized spacial score (nSPS) is 11.2. The molecule has 0 spiro atoms. The van der Waals surface area contributed by atoms with E-state index >= 15 is 0 Å². The molecule has 2 N–H and O–H groups in total. The third-order valence-corrected chi connectivity index (χ3v) is 4.49. The highest BCUT2D eigenvalue weighted by Gasteiger charge is 2.17. The Bertz CT molecular complexity index is 1020. The van der Waals surface area contributed by atoms with Crippen LogP contribution >= 0.6 is 0 Å². The van der Waals surface area contributed by atoms with E-state index in [2.05, 4.69) is 26.1 Å². The van der Waals surface area contributed by atoms with Crippen LogP contribution < -0.4 is 5.32 Å². The molecule has 0 bridgehead atoms. The van der Waals surface area contributed by atoms with Crippen LogP contribution in [0.4, 0.5) is 5.69 Å². The number of carbonyl (C=O) groups is 2. The lowest BCUT2D eigenvalue weighted by Gasteiger charge is -2.19. The lowest BCUT2D eigenvalue weighted by molar-refractivity contribution is -0.119. The van der Waals surface area contributed by atoms with Crippen molar-refractivity contribution in [2.75, 3.05) is 11.9 Å². The summed E-state index contributed by atoms with van der Waals surface area (Å²) in [6, 6.07) is 17.9. The number of phenols is 1. The summed E-state index contributed by atoms with van der Waals surface area (Å²) in [5, 5.41) is 14.4. The minimum absolute atomic E-state index is 0.0277. The van der Waals surface area contributed by atoms with Crippen LogP contribution in [0, 0.1) is 0 Å². The SMILES string of the molecule is CC(C)(C)c1ccc(NC(=O)COC(=O)c2ccc3ccccc3c2O)cc1. The Hall–Kier alpha value is -3.34. The van der Waals surface area contributed by atoms with Gasteiger partial charge in [-0.25, -0.2) is 4.79 Å². The van der Waals surface area contributed by atoms with Crippen molar-refractivity contribution in [1.29, 1.82) is 0 Å². The van der Waals surface area contributed by atoms with Gasteiger partial charge in [0.15, 0.2) is 6.61 Å². The van der Waals surface area contributed by atoms with Crippen molar-refractivity contribution in [3.8, 4) is 5.75 Å². The molecule has 3 aromatic carbocycles. The van der Waals surface area contributed by atoms with E-state index in [1.54, 1.807) is 18.2 Å². The number of hydrogen-bond acceptors (Lipinski definition) is 4. The van der Waals surface area contributed by atoms with Crippen molar-refractivity contribution in [1.82, 2.24) is 0 Å². The van der Waals surface area contributed by atoms with Crippen molar-refractivity contribution in [3.63, 3.8) is 0 Å². The van der Waals surface area contributed by atoms with Gasteiger partial charge in [-0.05, 0) is 34.6 Å². The second-order valence-corrected chi connectivity index (χ2v) is 7.63. The monoisotopic (exact) mass is 377 g/mol. The number of carbonyl (C=O) groups excluding carboxylic acids is 2. The van der Waals surface area contributed by atoms with Crippen molar-refractivity contribution in [2.45, 2.75) is 26.2 Å². The first-order chi connectivity index (χ1) is 13.3. The summed E-state index contributed by atoms with van der Waals surface area (Å²) >= 11 is 0. The molecule has 0 aliphatic carbocycles. The second kappa shape index (κ2) is 7.72. The third-order valence-electron chi connectivity index (χ3n) is 4.49. The standard InChI is InChI=1S/C23H23NO4/c1-23(2,3)16-9-11-17(12-10-16)24-20(25)14-28-22(27)19-13-8-15-6-4-5-7-18(15)21(19)26/h4-13,26H,14H2,1-3H3,(H,24,25). The van der Waals surface area contributed by atoms with Crippen LogP contribution in [0.3, 0.4) is 0 Å². The summed E-state index contributed by atoms with van der Waals surface area (Å²) in [5.74, 6) is -1.35. The number of phenolic OH excluding ortho intramolecular Hbond substituents is 1. The zero-order valence-corrected chi connectivity index (χ0v) is 16.2. The van der Waals surface area contributed by atoms with E-state index in [-0.39, 0.29) is 16.7 Å². The number of benzene rings is 3. The molecule has 0 fully saturated rings. The number of rotatable bonds is 4. The van der Waals surface area contributed by atoms with Gasteiger partial charge < -0.3 is 15.2 Å². The van der Waals surface area contributed by atoms with E-state index in [0.29, 0.717) is 11.1 Å². The molecule has 1 amide bonds. The maximum atomic E-state index is 12.3. The average molecular weight is 377 g/mol. The number of fused-ring (bicyclic) bond motifs is 1. The number of amides is 1. The van der Waals surface area contributed by atoms with Crippen LogP contribution in [-0.2, 0) is 14.9 Å². The van der Waals surface area contributed by atoms with E-state index in [0.717, 1.165) is 10.9 Å². The third kappa shape index (κ3) is 4.31. The van der Waals surface area contributed by atoms with E-state index < -0.39 is 18.5 Å². The van der Waals surface area contributed by atoms with Gasteiger partial charge in [-0.1, -0.05) is 63.2 Å². The number of hydrogen-bond donors (Lipinski definition) is 2. The smallest absolute Gasteiger partial charge is 0.342 e. The first-order valence-electron chi connectivity index (χ1n) is 9.04. The average Bonchev–Trinajstić information content (AvgIpc) is 2.66. The van der Waals surface area contributed by atoms with Crippen LogP contribution in [-0.4, -0.2) is 23.6 Å². The lowest BCUT2D eigenvalue weighted by Crippen LogP contribution is -2.21. The molecule has 28 heavy (non-hydrogen) atoms. The largest absolute Gasteiger partial charge is 0.506 e. The minimum Gasteiger partial charge on any atom is -0.506 e. The van der Waals surface area contributed by atoms with Gasteiger partial charge in [-0.15, -0.1) is 0 Å². The highest BCUT2D eigenvalue weighted by Crippen LogP contribution is 2.29. The Balaban J connectivity index is 1.61. The van der Waals surface area contributed by atoms with Gasteiger partial charge in [0, 0.05) is 11.1 Å². The molecule has 0 atom stereocenters. The predicted octanol–water partition coefficient (Wildman–Crippen LogP) is 4.64. The fraction of sp³-hybridized carbons (Fsp3) is 0.217. The zero-order valence-electron chi connectivity index (χ0n) is 16.2. The fourth-order valence-corrected chi connectivity index (χ4v) is 2.88. The maximum absolute atomic E-state index is 12.3. The molecule has 0 aliphatic heterocycles. The zero-order chi connectivity index (χ0) is 20.3. The maximum Gasteiger partial charge on any atom is 0.342 e. The van der Waals surface area contributed by atoms with Crippen molar-refractivity contribution < 1.29 is 19.4 Å². The predicted molar refractivity (Wildman–Crippen MR) is 110 cm³/mol. The fourth-order valence-electron chi connectivity index (χ4n) is 2.88. The molecule has 0 unspecified atom stereocenters. The van der Waals surface area contributed by atoms with Crippen molar-refractivity contribution in [2.24, 2.45) is 0 Å². The number of nitrogens with one attached hydrogen (secondary N) is 1. The van der Waals surface area contributed by atoms with E-state index in [1.807, 2.05) is 36.4 Å². The molecule has 0 aliphatic rings. The lowest BCUT2D eigenvalue weighted by atomic mass is 9.87. The van der Waals surface area contributed by atoms with Crippen molar-refractivity contribution in [3.05, 3.63) is 71.8 Å². The van der Waals surface area contributed by atoms with Gasteiger partial charge in [0.25, 0.3) is 5.91 Å². The number of esters is 1. The number of anilines is 1. The summed E-state index contributed by atoms with van der Waals surface area (Å²) in [4.78, 5) is 24.3. The molecule has 0 radical (unpaired) electrons. The Labute approximate surface area is 164 Å². The topological polar surface area (TPSA) is 75.6 Å². The van der Waals surface area contributed by atoms with Gasteiger partial charge in [0.2, 0.25) is 0 Å². The summed E-state index contributed by atoms with van der Waals surface area (Å²) < 4.78 is 5.06. The number of ether oxygens (including phenoxy) is 1. The van der Waals surface area contributed by atoms with E-state index in [1.165, 1.54) is 6.07 Å². The molecule has 3 aromatic rings. The van der Waals surface area contributed by atoms with Gasteiger partial charge >= 0.3 is 5.97 Å². The Kier molecular flexibility index (Phi) is 5.36.